The number of carbonyl (C=O) groups is 1. The number of aliphatic carboxylic acids is 1. The van der Waals surface area contributed by atoms with E-state index in [1.54, 1.807) is 4.04 Å². The first-order valence-electron chi connectivity index (χ1n) is 11.2. The second-order valence-electron chi connectivity index (χ2n) is 9.84. The number of rotatable bonds is 2. The van der Waals surface area contributed by atoms with Crippen molar-refractivity contribution in [2.75, 3.05) is 0 Å². The monoisotopic (exact) mass is 567 g/mol. The predicted octanol–water partition coefficient (Wildman–Crippen LogP) is 8.49. The molecule has 0 amide bonds. The van der Waals surface area contributed by atoms with Gasteiger partial charge in [-0.1, -0.05) is 0 Å². The Bertz CT molecular complexity index is 1260. The van der Waals surface area contributed by atoms with E-state index in [1.807, 2.05) is 0 Å². The topological polar surface area (TPSA) is 37.3 Å². The molecule has 0 radical (unpaired) electrons. The predicted molar refractivity (Wildman–Crippen MR) is 150 cm³/mol. The molecule has 0 aliphatic rings. The van der Waals surface area contributed by atoms with Crippen LogP contribution in [0.3, 0.4) is 0 Å². The fourth-order valence-corrected chi connectivity index (χ4v) is 11.5. The second-order valence-corrected chi connectivity index (χ2v) is 16.5. The molecule has 4 heteroatoms. The van der Waals surface area contributed by atoms with Crippen molar-refractivity contribution in [2.45, 2.75) is 56.2 Å². The van der Waals surface area contributed by atoms with Gasteiger partial charge in [0.2, 0.25) is 0 Å². The Balaban J connectivity index is 0.000000758. The van der Waals surface area contributed by atoms with Crippen LogP contribution < -0.4 is 4.04 Å². The maximum absolute atomic E-state index is 9.00. The van der Waals surface area contributed by atoms with Gasteiger partial charge in [0.25, 0.3) is 5.97 Å². The van der Waals surface area contributed by atoms with Crippen LogP contribution in [-0.2, 0) is 21.6 Å². The number of carboxylic acids is 1. The summed E-state index contributed by atoms with van der Waals surface area (Å²) < 4.78 is 2.11. The maximum atomic E-state index is 9.00. The zero-order valence-corrected chi connectivity index (χ0v) is 24.4. The molecular formula is C30H38O2PPd. The SMILES string of the molecule is CC(=O)O.C[C](C)(C)[Pd]([c]1ccc2ccccc2c1-c1cccc2ccccc12)[C](C)(C)C.P. The van der Waals surface area contributed by atoms with E-state index in [9.17, 15) is 0 Å². The normalized spacial score (nSPS) is 11.9. The van der Waals surface area contributed by atoms with Crippen LogP contribution in [-0.4, -0.2) is 11.1 Å². The summed E-state index contributed by atoms with van der Waals surface area (Å²) in [5, 5.41) is 12.8. The molecule has 0 aliphatic carbocycles. The molecule has 0 heterocycles. The second kappa shape index (κ2) is 11.1. The summed E-state index contributed by atoms with van der Waals surface area (Å²) in [7, 11) is 0. The van der Waals surface area contributed by atoms with Gasteiger partial charge in [0, 0.05) is 6.92 Å². The van der Waals surface area contributed by atoms with E-state index in [1.165, 1.54) is 32.7 Å². The fraction of sp³-hybridized carbons (Fsp3) is 0.300. The van der Waals surface area contributed by atoms with Crippen LogP contribution in [0.25, 0.3) is 32.7 Å². The number of hydrogen-bond acceptors (Lipinski definition) is 1. The minimum absolute atomic E-state index is 0. The molecule has 0 saturated carbocycles. The molecule has 34 heavy (non-hydrogen) atoms. The van der Waals surface area contributed by atoms with Gasteiger partial charge in [0.1, 0.15) is 0 Å². The molecular weight excluding hydrogens is 530 g/mol. The Labute approximate surface area is 213 Å². The Hall–Kier alpha value is -2.04. The minimum atomic E-state index is -1.08. The number of benzene rings is 4. The van der Waals surface area contributed by atoms with Crippen molar-refractivity contribution in [1.82, 2.24) is 0 Å². The first-order chi connectivity index (χ1) is 15.4. The van der Waals surface area contributed by atoms with Gasteiger partial charge in [-0.05, 0) is 0 Å². The molecule has 0 spiro atoms. The Morgan fingerprint density at radius 1 is 0.676 bits per heavy atom. The molecule has 0 fully saturated rings. The Morgan fingerprint density at radius 2 is 1.12 bits per heavy atom. The van der Waals surface area contributed by atoms with Crippen molar-refractivity contribution in [3.63, 3.8) is 0 Å². The molecule has 1 N–H and O–H groups in total. The minimum Gasteiger partial charge on any atom is -0.153 e. The van der Waals surface area contributed by atoms with Gasteiger partial charge >= 0.3 is 182 Å². The van der Waals surface area contributed by atoms with Crippen molar-refractivity contribution >= 4 is 41.4 Å². The molecule has 4 rings (SSSR count). The van der Waals surface area contributed by atoms with Crippen molar-refractivity contribution in [2.24, 2.45) is 0 Å². The molecule has 0 saturated heterocycles. The van der Waals surface area contributed by atoms with Gasteiger partial charge in [-0.3, -0.25) is 4.79 Å². The zero-order valence-electron chi connectivity index (χ0n) is 21.4. The summed E-state index contributed by atoms with van der Waals surface area (Å²) in [6.07, 6.45) is 0. The van der Waals surface area contributed by atoms with E-state index in [-0.39, 0.29) is 17.7 Å². The third-order valence-corrected chi connectivity index (χ3v) is 11.2. The molecule has 1 unspecified atom stereocenters. The van der Waals surface area contributed by atoms with Crippen LogP contribution in [0.15, 0.2) is 78.9 Å². The van der Waals surface area contributed by atoms with Gasteiger partial charge < -0.3 is 5.11 Å². The largest absolute Gasteiger partial charge is 0.153 e. The molecule has 1 atom stereocenters. The number of hydrogen-bond donors (Lipinski definition) is 1. The van der Waals surface area contributed by atoms with Crippen molar-refractivity contribution in [1.29, 1.82) is 0 Å². The van der Waals surface area contributed by atoms with Crippen LogP contribution >= 0.6 is 9.90 Å². The molecule has 4 aromatic rings. The third kappa shape index (κ3) is 6.34. The average molecular weight is 568 g/mol. The van der Waals surface area contributed by atoms with Crippen molar-refractivity contribution < 1.29 is 26.7 Å². The van der Waals surface area contributed by atoms with E-state index >= 15 is 0 Å². The van der Waals surface area contributed by atoms with E-state index in [0.29, 0.717) is 0 Å². The molecule has 0 aromatic heterocycles. The zero-order chi connectivity index (χ0) is 24.4. The average Bonchev–Trinajstić information content (AvgIpc) is 2.71. The van der Waals surface area contributed by atoms with Gasteiger partial charge in [-0.25, -0.2) is 0 Å². The number of fused-ring (bicyclic) bond motifs is 2. The smallest absolute Gasteiger partial charge is 0.153 e. The van der Waals surface area contributed by atoms with E-state index in [4.69, 9.17) is 9.90 Å². The van der Waals surface area contributed by atoms with Crippen LogP contribution in [0.5, 0.6) is 0 Å². The van der Waals surface area contributed by atoms with E-state index < -0.39 is 22.7 Å². The first kappa shape index (κ1) is 28.2. The fourth-order valence-electron chi connectivity index (χ4n) is 4.29. The summed E-state index contributed by atoms with van der Waals surface area (Å²) in [4.78, 5) is 9.00. The third-order valence-electron chi connectivity index (χ3n) is 5.03. The Morgan fingerprint density at radius 3 is 1.65 bits per heavy atom. The van der Waals surface area contributed by atoms with Crippen molar-refractivity contribution in [3.05, 3.63) is 78.9 Å². The van der Waals surface area contributed by atoms with Crippen LogP contribution in [0, 0.1) is 0 Å². The molecule has 2 nitrogen and oxygen atoms in total. The summed E-state index contributed by atoms with van der Waals surface area (Å²) in [6, 6.07) is 29.2. The van der Waals surface area contributed by atoms with Crippen LogP contribution in [0.2, 0.25) is 7.78 Å². The standard InChI is InChI=1S/C20H13.2C4H9.C2H4O2.H3P.Pd/c1-3-11-17-15(7-1)9-5-13-19(17)20-14-6-10-16-8-2-4-12-18(16)20;2*1-4(2)3;1-2(3)4;;/h1-13H;2*1-3H3;1H3,(H,3,4);1H3;. The Kier molecular flexibility index (Phi) is 9.24. The van der Waals surface area contributed by atoms with Crippen LogP contribution in [0.4, 0.5) is 0 Å². The van der Waals surface area contributed by atoms with Gasteiger partial charge in [0.15, 0.2) is 0 Å². The first-order valence-corrected chi connectivity index (χ1v) is 13.5. The van der Waals surface area contributed by atoms with Gasteiger partial charge in [0.05, 0.1) is 0 Å². The summed E-state index contributed by atoms with van der Waals surface area (Å²) in [6.45, 7) is 15.7. The van der Waals surface area contributed by atoms with Gasteiger partial charge in [-0.15, -0.1) is 0 Å². The number of carboxylic acid groups (broad SMARTS) is 1. The van der Waals surface area contributed by atoms with E-state index in [0.717, 1.165) is 6.92 Å². The van der Waals surface area contributed by atoms with Crippen molar-refractivity contribution in [3.8, 4) is 11.1 Å². The van der Waals surface area contributed by atoms with Crippen LogP contribution in [0.1, 0.15) is 48.5 Å². The quantitative estimate of drug-likeness (QED) is 0.195. The molecule has 4 aromatic carbocycles. The molecule has 185 valence electrons. The molecule has 0 aliphatic heterocycles. The molecule has 0 bridgehead atoms. The summed E-state index contributed by atoms with van der Waals surface area (Å²) >= 11 is -1.08. The van der Waals surface area contributed by atoms with Gasteiger partial charge in [-0.2, -0.15) is 9.90 Å². The maximum Gasteiger partial charge on any atom is -0.153 e. The summed E-state index contributed by atoms with van der Waals surface area (Å²) in [5.41, 5.74) is 2.82. The van der Waals surface area contributed by atoms with E-state index in [2.05, 4.69) is 120 Å². The summed E-state index contributed by atoms with van der Waals surface area (Å²) in [5.74, 6) is -0.833.